The first kappa shape index (κ1) is 17.1. The van der Waals surface area contributed by atoms with Gasteiger partial charge in [0.15, 0.2) is 0 Å². The molecule has 0 amide bonds. The monoisotopic (exact) mass is 280 g/mol. The highest BCUT2D eigenvalue weighted by Gasteiger charge is 2.25. The van der Waals surface area contributed by atoms with Crippen LogP contribution in [0.1, 0.15) is 52.1 Å². The topological polar surface area (TPSA) is 15.3 Å². The predicted molar refractivity (Wildman–Crippen MR) is 84.4 cm³/mol. The molecule has 20 heavy (non-hydrogen) atoms. The molecule has 114 valence electrons. The van der Waals surface area contributed by atoms with Gasteiger partial charge in [-0.15, -0.1) is 0 Å². The molecule has 1 unspecified atom stereocenters. The molecular weight excluding hydrogens is 251 g/mol. The Bertz CT molecular complexity index is 404. The SMILES string of the molecule is CCCNC(CN(C)C(C)(C)CC)c1ccccc1F. The number of likely N-dealkylation sites (N-methyl/N-ethyl adjacent to an activating group) is 1. The molecule has 1 rings (SSSR count). The van der Waals surface area contributed by atoms with E-state index in [0.29, 0.717) is 0 Å². The van der Waals surface area contributed by atoms with Crippen LogP contribution in [0.3, 0.4) is 0 Å². The van der Waals surface area contributed by atoms with Gasteiger partial charge in [-0.25, -0.2) is 4.39 Å². The van der Waals surface area contributed by atoms with Gasteiger partial charge >= 0.3 is 0 Å². The van der Waals surface area contributed by atoms with E-state index in [9.17, 15) is 4.39 Å². The molecule has 0 radical (unpaired) electrons. The smallest absolute Gasteiger partial charge is 0.128 e. The van der Waals surface area contributed by atoms with Crippen LogP contribution in [0, 0.1) is 5.82 Å². The molecule has 1 aromatic rings. The predicted octanol–water partition coefficient (Wildman–Crippen LogP) is 3.99. The maximum atomic E-state index is 14.0. The van der Waals surface area contributed by atoms with Crippen LogP contribution in [0.5, 0.6) is 0 Å². The van der Waals surface area contributed by atoms with E-state index in [0.717, 1.165) is 31.5 Å². The summed E-state index contributed by atoms with van der Waals surface area (Å²) in [6, 6.07) is 7.11. The highest BCUT2D eigenvalue weighted by molar-refractivity contribution is 5.21. The Balaban J connectivity index is 2.88. The van der Waals surface area contributed by atoms with Crippen molar-refractivity contribution >= 4 is 0 Å². The van der Waals surface area contributed by atoms with E-state index in [-0.39, 0.29) is 17.4 Å². The Hall–Kier alpha value is -0.930. The van der Waals surface area contributed by atoms with Crippen LogP contribution in [0.15, 0.2) is 24.3 Å². The van der Waals surface area contributed by atoms with E-state index in [2.05, 4.69) is 45.0 Å². The average molecular weight is 280 g/mol. The fourth-order valence-electron chi connectivity index (χ4n) is 2.14. The third kappa shape index (κ3) is 4.57. The van der Waals surface area contributed by atoms with E-state index >= 15 is 0 Å². The molecule has 1 atom stereocenters. The van der Waals surface area contributed by atoms with Crippen LogP contribution in [0.2, 0.25) is 0 Å². The zero-order valence-electron chi connectivity index (χ0n) is 13.5. The molecule has 0 aromatic heterocycles. The molecular formula is C17H29FN2. The highest BCUT2D eigenvalue weighted by Crippen LogP contribution is 2.23. The Morgan fingerprint density at radius 3 is 2.45 bits per heavy atom. The van der Waals surface area contributed by atoms with Gasteiger partial charge in [0, 0.05) is 23.7 Å². The van der Waals surface area contributed by atoms with E-state index in [1.54, 1.807) is 12.1 Å². The highest BCUT2D eigenvalue weighted by atomic mass is 19.1. The second-order valence-electron chi connectivity index (χ2n) is 6.07. The summed E-state index contributed by atoms with van der Waals surface area (Å²) >= 11 is 0. The maximum Gasteiger partial charge on any atom is 0.128 e. The second-order valence-corrected chi connectivity index (χ2v) is 6.07. The van der Waals surface area contributed by atoms with Crippen LogP contribution < -0.4 is 5.32 Å². The van der Waals surface area contributed by atoms with Crippen molar-refractivity contribution in [2.45, 2.75) is 52.1 Å². The van der Waals surface area contributed by atoms with Gasteiger partial charge in [-0.1, -0.05) is 32.0 Å². The van der Waals surface area contributed by atoms with E-state index in [1.807, 2.05) is 12.1 Å². The van der Waals surface area contributed by atoms with Crippen LogP contribution in [0.4, 0.5) is 4.39 Å². The molecule has 2 nitrogen and oxygen atoms in total. The van der Waals surface area contributed by atoms with Gasteiger partial charge < -0.3 is 5.32 Å². The lowest BCUT2D eigenvalue weighted by atomic mass is 9.97. The summed E-state index contributed by atoms with van der Waals surface area (Å²) in [5, 5.41) is 3.47. The Morgan fingerprint density at radius 2 is 1.90 bits per heavy atom. The van der Waals surface area contributed by atoms with Crippen molar-refractivity contribution in [3.05, 3.63) is 35.6 Å². The summed E-state index contributed by atoms with van der Waals surface area (Å²) in [5.74, 6) is -0.121. The van der Waals surface area contributed by atoms with E-state index in [1.165, 1.54) is 0 Å². The quantitative estimate of drug-likeness (QED) is 0.774. The number of hydrogen-bond donors (Lipinski definition) is 1. The van der Waals surface area contributed by atoms with Crippen molar-refractivity contribution in [1.29, 1.82) is 0 Å². The average Bonchev–Trinajstić information content (AvgIpc) is 2.43. The minimum atomic E-state index is -0.121. The molecule has 0 aliphatic heterocycles. The summed E-state index contributed by atoms with van der Waals surface area (Å²) in [6.45, 7) is 10.5. The van der Waals surface area contributed by atoms with Gasteiger partial charge in [0.25, 0.3) is 0 Å². The summed E-state index contributed by atoms with van der Waals surface area (Å²) < 4.78 is 14.0. The van der Waals surface area contributed by atoms with Crippen LogP contribution >= 0.6 is 0 Å². The summed E-state index contributed by atoms with van der Waals surface area (Å²) in [5.41, 5.74) is 0.886. The lowest BCUT2D eigenvalue weighted by Gasteiger charge is -2.37. The largest absolute Gasteiger partial charge is 0.309 e. The van der Waals surface area contributed by atoms with Crippen molar-refractivity contribution in [3.63, 3.8) is 0 Å². The van der Waals surface area contributed by atoms with Gasteiger partial charge in [0.1, 0.15) is 5.82 Å². The molecule has 1 N–H and O–H groups in total. The molecule has 0 fully saturated rings. The normalized spacial score (nSPS) is 13.8. The van der Waals surface area contributed by atoms with Gasteiger partial charge in [0.2, 0.25) is 0 Å². The van der Waals surface area contributed by atoms with Gasteiger partial charge in [-0.3, -0.25) is 4.90 Å². The van der Waals surface area contributed by atoms with Crippen LogP contribution in [0.25, 0.3) is 0 Å². The fraction of sp³-hybridized carbons (Fsp3) is 0.647. The standard InChI is InChI=1S/C17H29FN2/c1-6-12-19-16(13-20(5)17(3,4)7-2)14-10-8-9-11-15(14)18/h8-11,16,19H,6-7,12-13H2,1-5H3. The summed E-state index contributed by atoms with van der Waals surface area (Å²) in [4.78, 5) is 2.31. The first-order valence-electron chi connectivity index (χ1n) is 7.61. The zero-order chi connectivity index (χ0) is 15.2. The number of hydrogen-bond acceptors (Lipinski definition) is 2. The Labute approximate surface area is 123 Å². The fourth-order valence-corrected chi connectivity index (χ4v) is 2.14. The summed E-state index contributed by atoms with van der Waals surface area (Å²) in [7, 11) is 2.12. The molecule has 0 aliphatic carbocycles. The van der Waals surface area contributed by atoms with Crippen molar-refractivity contribution in [3.8, 4) is 0 Å². The number of rotatable bonds is 8. The molecule has 0 aliphatic rings. The van der Waals surface area contributed by atoms with Crippen molar-refractivity contribution in [1.82, 2.24) is 10.2 Å². The van der Waals surface area contributed by atoms with Crippen LogP contribution in [-0.4, -0.2) is 30.6 Å². The third-order valence-electron chi connectivity index (χ3n) is 4.28. The molecule has 1 aromatic carbocycles. The third-order valence-corrected chi connectivity index (χ3v) is 4.28. The van der Waals surface area contributed by atoms with E-state index < -0.39 is 0 Å². The number of nitrogens with zero attached hydrogens (tertiary/aromatic N) is 1. The lowest BCUT2D eigenvalue weighted by Crippen LogP contribution is -2.45. The Morgan fingerprint density at radius 1 is 1.25 bits per heavy atom. The minimum absolute atomic E-state index is 0.0342. The van der Waals surface area contributed by atoms with E-state index in [4.69, 9.17) is 0 Å². The van der Waals surface area contributed by atoms with Gasteiger partial charge in [-0.05, 0) is 46.3 Å². The second kappa shape index (κ2) is 7.75. The van der Waals surface area contributed by atoms with Gasteiger partial charge in [0.05, 0.1) is 0 Å². The first-order valence-corrected chi connectivity index (χ1v) is 7.61. The molecule has 0 bridgehead atoms. The number of nitrogens with one attached hydrogen (secondary N) is 1. The lowest BCUT2D eigenvalue weighted by molar-refractivity contribution is 0.134. The van der Waals surface area contributed by atoms with Crippen molar-refractivity contribution in [2.24, 2.45) is 0 Å². The Kier molecular flexibility index (Phi) is 6.63. The molecule has 0 heterocycles. The molecule has 0 spiro atoms. The minimum Gasteiger partial charge on any atom is -0.309 e. The molecule has 0 saturated heterocycles. The zero-order valence-corrected chi connectivity index (χ0v) is 13.5. The van der Waals surface area contributed by atoms with Crippen molar-refractivity contribution in [2.75, 3.05) is 20.1 Å². The van der Waals surface area contributed by atoms with Crippen molar-refractivity contribution < 1.29 is 4.39 Å². The maximum absolute atomic E-state index is 14.0. The number of benzene rings is 1. The number of halogens is 1. The first-order chi connectivity index (χ1) is 9.42. The van der Waals surface area contributed by atoms with Gasteiger partial charge in [-0.2, -0.15) is 0 Å². The molecule has 3 heteroatoms. The summed E-state index contributed by atoms with van der Waals surface area (Å²) in [6.07, 6.45) is 2.12. The molecule has 0 saturated carbocycles. The van der Waals surface area contributed by atoms with Crippen LogP contribution in [-0.2, 0) is 0 Å².